The first-order valence-electron chi connectivity index (χ1n) is 5.66. The minimum atomic E-state index is -1.03. The van der Waals surface area contributed by atoms with Crippen LogP contribution in [0.15, 0.2) is 23.3 Å². The standard InChI is InChI=1S/C13H21NO3/c1-9(2)6-5-7-10(3)8-12(15)14-11(4)13(16)17/h6,8,11H,5,7H2,1-4H3,(H,14,15)(H,16,17). The molecule has 4 nitrogen and oxygen atoms in total. The van der Waals surface area contributed by atoms with Crippen molar-refractivity contribution in [1.82, 2.24) is 5.32 Å². The van der Waals surface area contributed by atoms with Gasteiger partial charge in [-0.05, 0) is 40.5 Å². The Labute approximate surface area is 102 Å². The summed E-state index contributed by atoms with van der Waals surface area (Å²) < 4.78 is 0. The second kappa shape index (κ2) is 7.65. The molecule has 0 aliphatic heterocycles. The maximum Gasteiger partial charge on any atom is 0.325 e. The van der Waals surface area contributed by atoms with Gasteiger partial charge in [-0.25, -0.2) is 0 Å². The number of allylic oxidation sites excluding steroid dienone is 3. The normalized spacial score (nSPS) is 12.8. The summed E-state index contributed by atoms with van der Waals surface area (Å²) in [6.45, 7) is 7.36. The number of hydrogen-bond acceptors (Lipinski definition) is 2. The Hall–Kier alpha value is -1.58. The highest BCUT2D eigenvalue weighted by Crippen LogP contribution is 2.06. The van der Waals surface area contributed by atoms with E-state index in [1.165, 1.54) is 18.6 Å². The van der Waals surface area contributed by atoms with Gasteiger partial charge < -0.3 is 10.4 Å². The van der Waals surface area contributed by atoms with E-state index in [1.807, 2.05) is 20.8 Å². The Bertz CT molecular complexity index is 339. The van der Waals surface area contributed by atoms with E-state index < -0.39 is 12.0 Å². The molecule has 0 aliphatic rings. The lowest BCUT2D eigenvalue weighted by atomic mass is 10.1. The third-order valence-electron chi connectivity index (χ3n) is 2.20. The van der Waals surface area contributed by atoms with Crippen LogP contribution in [0.25, 0.3) is 0 Å². The molecule has 2 N–H and O–H groups in total. The molecule has 0 heterocycles. The molecule has 0 bridgehead atoms. The molecule has 1 atom stereocenters. The zero-order valence-electron chi connectivity index (χ0n) is 10.9. The van der Waals surface area contributed by atoms with Crippen molar-refractivity contribution in [2.45, 2.75) is 46.6 Å². The van der Waals surface area contributed by atoms with Gasteiger partial charge in [0.2, 0.25) is 5.91 Å². The monoisotopic (exact) mass is 239 g/mol. The summed E-state index contributed by atoms with van der Waals surface area (Å²) in [6.07, 6.45) is 5.26. The first kappa shape index (κ1) is 15.4. The second-order valence-electron chi connectivity index (χ2n) is 4.38. The number of amides is 1. The van der Waals surface area contributed by atoms with Crippen molar-refractivity contribution in [2.24, 2.45) is 0 Å². The molecule has 0 radical (unpaired) electrons. The van der Waals surface area contributed by atoms with Crippen molar-refractivity contribution >= 4 is 11.9 Å². The highest BCUT2D eigenvalue weighted by molar-refractivity contribution is 5.91. The Balaban J connectivity index is 4.15. The summed E-state index contributed by atoms with van der Waals surface area (Å²) in [4.78, 5) is 21.9. The average molecular weight is 239 g/mol. The number of carboxylic acid groups (broad SMARTS) is 1. The molecular formula is C13H21NO3. The van der Waals surface area contributed by atoms with E-state index in [1.54, 1.807) is 0 Å². The van der Waals surface area contributed by atoms with Crippen LogP contribution < -0.4 is 5.32 Å². The van der Waals surface area contributed by atoms with Gasteiger partial charge in [0.1, 0.15) is 6.04 Å². The van der Waals surface area contributed by atoms with E-state index in [2.05, 4.69) is 11.4 Å². The van der Waals surface area contributed by atoms with Gasteiger partial charge in [-0.3, -0.25) is 9.59 Å². The van der Waals surface area contributed by atoms with Gasteiger partial charge >= 0.3 is 5.97 Å². The van der Waals surface area contributed by atoms with Gasteiger partial charge in [0.15, 0.2) is 0 Å². The highest BCUT2D eigenvalue weighted by atomic mass is 16.4. The van der Waals surface area contributed by atoms with E-state index in [0.29, 0.717) is 0 Å². The van der Waals surface area contributed by atoms with Gasteiger partial charge in [0.25, 0.3) is 0 Å². The number of carbonyl (C=O) groups is 2. The number of hydrogen-bond donors (Lipinski definition) is 2. The largest absolute Gasteiger partial charge is 0.480 e. The van der Waals surface area contributed by atoms with Gasteiger partial charge in [-0.1, -0.05) is 17.2 Å². The van der Waals surface area contributed by atoms with E-state index in [9.17, 15) is 9.59 Å². The number of aliphatic carboxylic acids is 1. The van der Waals surface area contributed by atoms with Crippen LogP contribution in [0.1, 0.15) is 40.5 Å². The molecule has 0 aliphatic carbocycles. The molecule has 0 aromatic heterocycles. The Kier molecular flexibility index (Phi) is 6.94. The number of rotatable bonds is 6. The van der Waals surface area contributed by atoms with Crippen LogP contribution in [-0.2, 0) is 9.59 Å². The smallest absolute Gasteiger partial charge is 0.325 e. The fourth-order valence-corrected chi connectivity index (χ4v) is 1.20. The summed E-state index contributed by atoms with van der Waals surface area (Å²) in [7, 11) is 0. The lowest BCUT2D eigenvalue weighted by Gasteiger charge is -2.07. The van der Waals surface area contributed by atoms with E-state index in [0.717, 1.165) is 18.4 Å². The van der Waals surface area contributed by atoms with Gasteiger partial charge in [-0.15, -0.1) is 0 Å². The lowest BCUT2D eigenvalue weighted by molar-refractivity contribution is -0.140. The minimum absolute atomic E-state index is 0.352. The molecule has 0 saturated heterocycles. The van der Waals surface area contributed by atoms with Crippen LogP contribution >= 0.6 is 0 Å². The zero-order valence-corrected chi connectivity index (χ0v) is 10.9. The van der Waals surface area contributed by atoms with Gasteiger partial charge in [0, 0.05) is 6.08 Å². The Morgan fingerprint density at radius 2 is 1.88 bits per heavy atom. The van der Waals surface area contributed by atoms with Gasteiger partial charge in [0.05, 0.1) is 0 Å². The SMILES string of the molecule is CC(C)=CCCC(C)=CC(=O)NC(C)C(=O)O. The van der Waals surface area contributed by atoms with Crippen LogP contribution in [0.2, 0.25) is 0 Å². The fraction of sp³-hybridized carbons (Fsp3) is 0.538. The van der Waals surface area contributed by atoms with Crippen molar-refractivity contribution in [3.8, 4) is 0 Å². The van der Waals surface area contributed by atoms with Crippen LogP contribution in [0.5, 0.6) is 0 Å². The number of nitrogens with one attached hydrogen (secondary N) is 1. The van der Waals surface area contributed by atoms with Crippen LogP contribution in [0.3, 0.4) is 0 Å². The zero-order chi connectivity index (χ0) is 13.4. The summed E-state index contributed by atoms with van der Waals surface area (Å²) in [5.74, 6) is -1.39. The van der Waals surface area contributed by atoms with Crippen LogP contribution in [-0.4, -0.2) is 23.0 Å². The number of carbonyl (C=O) groups excluding carboxylic acids is 1. The van der Waals surface area contributed by atoms with Crippen molar-refractivity contribution in [2.75, 3.05) is 0 Å². The second-order valence-corrected chi connectivity index (χ2v) is 4.38. The summed E-state index contributed by atoms with van der Waals surface area (Å²) in [5.41, 5.74) is 2.19. The molecule has 0 aromatic carbocycles. The summed E-state index contributed by atoms with van der Waals surface area (Å²) in [6, 6.07) is -0.857. The summed E-state index contributed by atoms with van der Waals surface area (Å²) in [5, 5.41) is 11.0. The Morgan fingerprint density at radius 1 is 1.29 bits per heavy atom. The van der Waals surface area contributed by atoms with Crippen molar-refractivity contribution in [1.29, 1.82) is 0 Å². The average Bonchev–Trinajstić information content (AvgIpc) is 2.16. The minimum Gasteiger partial charge on any atom is -0.480 e. The first-order valence-corrected chi connectivity index (χ1v) is 5.66. The predicted octanol–water partition coefficient (Wildman–Crippen LogP) is 2.27. The van der Waals surface area contributed by atoms with Crippen molar-refractivity contribution < 1.29 is 14.7 Å². The molecule has 0 rings (SSSR count). The maximum absolute atomic E-state index is 11.4. The highest BCUT2D eigenvalue weighted by Gasteiger charge is 2.11. The first-order chi connectivity index (χ1) is 7.82. The molecule has 4 heteroatoms. The maximum atomic E-state index is 11.4. The molecule has 17 heavy (non-hydrogen) atoms. The van der Waals surface area contributed by atoms with Gasteiger partial charge in [-0.2, -0.15) is 0 Å². The summed E-state index contributed by atoms with van der Waals surface area (Å²) >= 11 is 0. The predicted molar refractivity (Wildman–Crippen MR) is 67.7 cm³/mol. The Morgan fingerprint density at radius 3 is 2.35 bits per heavy atom. The molecule has 96 valence electrons. The van der Waals surface area contributed by atoms with Crippen LogP contribution in [0.4, 0.5) is 0 Å². The molecule has 0 fully saturated rings. The molecule has 0 saturated carbocycles. The number of carboxylic acids is 1. The van der Waals surface area contributed by atoms with E-state index in [-0.39, 0.29) is 5.91 Å². The molecular weight excluding hydrogens is 218 g/mol. The molecule has 1 amide bonds. The lowest BCUT2D eigenvalue weighted by Crippen LogP contribution is -2.37. The third-order valence-corrected chi connectivity index (χ3v) is 2.20. The van der Waals surface area contributed by atoms with Crippen LogP contribution in [0, 0.1) is 0 Å². The quantitative estimate of drug-likeness (QED) is 0.552. The molecule has 1 unspecified atom stereocenters. The molecule has 0 spiro atoms. The topological polar surface area (TPSA) is 66.4 Å². The van der Waals surface area contributed by atoms with Crippen molar-refractivity contribution in [3.63, 3.8) is 0 Å². The van der Waals surface area contributed by atoms with E-state index in [4.69, 9.17) is 5.11 Å². The third kappa shape index (κ3) is 8.25. The fourth-order valence-electron chi connectivity index (χ4n) is 1.20. The van der Waals surface area contributed by atoms with Crippen molar-refractivity contribution in [3.05, 3.63) is 23.3 Å². The van der Waals surface area contributed by atoms with E-state index >= 15 is 0 Å². The molecule has 0 aromatic rings.